The maximum Gasteiger partial charge on any atom is 0.237 e. The van der Waals surface area contributed by atoms with E-state index in [-0.39, 0.29) is 17.9 Å². The van der Waals surface area contributed by atoms with Crippen LogP contribution in [0.4, 0.5) is 0 Å². The van der Waals surface area contributed by atoms with Crippen molar-refractivity contribution in [2.45, 2.75) is 58.6 Å². The molecule has 0 radical (unpaired) electrons. The summed E-state index contributed by atoms with van der Waals surface area (Å²) in [6.07, 6.45) is 3.51. The van der Waals surface area contributed by atoms with Gasteiger partial charge in [-0.2, -0.15) is 0 Å². The lowest BCUT2D eigenvalue weighted by atomic mass is 9.93. The predicted molar refractivity (Wildman–Crippen MR) is 73.3 cm³/mol. The second-order valence-corrected chi connectivity index (χ2v) is 5.53. The first kappa shape index (κ1) is 15.4. The van der Waals surface area contributed by atoms with Gasteiger partial charge in [-0.25, -0.2) is 0 Å². The Balaban J connectivity index is 2.31. The molecule has 0 aliphatic carbocycles. The zero-order chi connectivity index (χ0) is 13.5. The summed E-state index contributed by atoms with van der Waals surface area (Å²) in [5, 5.41) is 16.1. The molecule has 1 aliphatic heterocycles. The maximum atomic E-state index is 12.0. The molecule has 4 heteroatoms. The Kier molecular flexibility index (Phi) is 6.65. The summed E-state index contributed by atoms with van der Waals surface area (Å²) in [5.74, 6) is 0.918. The van der Waals surface area contributed by atoms with E-state index in [4.69, 9.17) is 0 Å². The van der Waals surface area contributed by atoms with Crippen LogP contribution in [-0.2, 0) is 4.79 Å². The maximum absolute atomic E-state index is 12.0. The number of aliphatic hydroxyl groups excluding tert-OH is 1. The topological polar surface area (TPSA) is 61.4 Å². The third-order valence-corrected chi connectivity index (χ3v) is 4.06. The first-order valence-electron chi connectivity index (χ1n) is 7.27. The van der Waals surface area contributed by atoms with E-state index in [0.29, 0.717) is 12.5 Å². The smallest absolute Gasteiger partial charge is 0.237 e. The van der Waals surface area contributed by atoms with Crippen LogP contribution in [0.1, 0.15) is 46.5 Å². The minimum Gasteiger partial charge on any atom is -0.391 e. The summed E-state index contributed by atoms with van der Waals surface area (Å²) in [4.78, 5) is 12.0. The standard InChI is InChI=1S/C14H28N2O2/c1-4-11(5-2)13(17)9-16-14(18)12-8-10(3)6-7-15-12/h10-13,15,17H,4-9H2,1-3H3,(H,16,18). The lowest BCUT2D eigenvalue weighted by Gasteiger charge is -2.28. The van der Waals surface area contributed by atoms with Crippen LogP contribution >= 0.6 is 0 Å². The molecule has 0 aromatic rings. The molecule has 1 rings (SSSR count). The molecule has 3 unspecified atom stereocenters. The molecular weight excluding hydrogens is 228 g/mol. The van der Waals surface area contributed by atoms with E-state index < -0.39 is 6.10 Å². The zero-order valence-corrected chi connectivity index (χ0v) is 11.9. The number of aliphatic hydroxyl groups is 1. The van der Waals surface area contributed by atoms with Crippen molar-refractivity contribution < 1.29 is 9.90 Å². The third-order valence-electron chi connectivity index (χ3n) is 4.06. The second kappa shape index (κ2) is 7.74. The summed E-state index contributed by atoms with van der Waals surface area (Å²) in [5.41, 5.74) is 0. The largest absolute Gasteiger partial charge is 0.391 e. The number of hydrogen-bond acceptors (Lipinski definition) is 3. The number of amides is 1. The Hall–Kier alpha value is -0.610. The van der Waals surface area contributed by atoms with Crippen LogP contribution in [0.3, 0.4) is 0 Å². The summed E-state index contributed by atoms with van der Waals surface area (Å²) in [7, 11) is 0. The van der Waals surface area contributed by atoms with E-state index in [1.54, 1.807) is 0 Å². The van der Waals surface area contributed by atoms with E-state index in [0.717, 1.165) is 32.2 Å². The molecule has 1 aliphatic rings. The molecule has 0 aromatic carbocycles. The Bertz CT molecular complexity index is 254. The van der Waals surface area contributed by atoms with Gasteiger partial charge in [-0.15, -0.1) is 0 Å². The van der Waals surface area contributed by atoms with Crippen molar-refractivity contribution in [3.8, 4) is 0 Å². The number of rotatable bonds is 6. The van der Waals surface area contributed by atoms with Gasteiger partial charge in [0.05, 0.1) is 12.1 Å². The molecule has 3 atom stereocenters. The van der Waals surface area contributed by atoms with Crippen molar-refractivity contribution in [1.82, 2.24) is 10.6 Å². The van der Waals surface area contributed by atoms with Gasteiger partial charge < -0.3 is 15.7 Å². The molecule has 1 amide bonds. The summed E-state index contributed by atoms with van der Waals surface area (Å²) in [6.45, 7) is 7.61. The minimum atomic E-state index is -0.426. The normalized spacial score (nSPS) is 26.1. The highest BCUT2D eigenvalue weighted by atomic mass is 16.3. The highest BCUT2D eigenvalue weighted by molar-refractivity contribution is 5.81. The van der Waals surface area contributed by atoms with Gasteiger partial charge in [0.15, 0.2) is 0 Å². The zero-order valence-electron chi connectivity index (χ0n) is 11.9. The molecule has 0 aromatic heterocycles. The van der Waals surface area contributed by atoms with Crippen molar-refractivity contribution in [2.75, 3.05) is 13.1 Å². The quantitative estimate of drug-likeness (QED) is 0.671. The Morgan fingerprint density at radius 3 is 2.67 bits per heavy atom. The number of piperidine rings is 1. The van der Waals surface area contributed by atoms with E-state index in [2.05, 4.69) is 31.4 Å². The molecule has 0 spiro atoms. The highest BCUT2D eigenvalue weighted by Crippen LogP contribution is 2.15. The van der Waals surface area contributed by atoms with Crippen LogP contribution in [0.25, 0.3) is 0 Å². The fraction of sp³-hybridized carbons (Fsp3) is 0.929. The van der Waals surface area contributed by atoms with Crippen molar-refractivity contribution in [2.24, 2.45) is 11.8 Å². The van der Waals surface area contributed by atoms with Crippen molar-refractivity contribution >= 4 is 5.91 Å². The number of nitrogens with one attached hydrogen (secondary N) is 2. The van der Waals surface area contributed by atoms with Gasteiger partial charge >= 0.3 is 0 Å². The van der Waals surface area contributed by atoms with E-state index >= 15 is 0 Å². The molecule has 1 saturated heterocycles. The van der Waals surface area contributed by atoms with Gasteiger partial charge in [-0.05, 0) is 31.2 Å². The predicted octanol–water partition coefficient (Wildman–Crippen LogP) is 1.29. The second-order valence-electron chi connectivity index (χ2n) is 5.53. The first-order chi connectivity index (χ1) is 8.58. The first-order valence-corrected chi connectivity index (χ1v) is 7.27. The van der Waals surface area contributed by atoms with Gasteiger partial charge in [-0.3, -0.25) is 4.79 Å². The fourth-order valence-electron chi connectivity index (χ4n) is 2.64. The Morgan fingerprint density at radius 2 is 2.11 bits per heavy atom. The van der Waals surface area contributed by atoms with Crippen molar-refractivity contribution in [3.05, 3.63) is 0 Å². The third kappa shape index (κ3) is 4.58. The summed E-state index contributed by atoms with van der Waals surface area (Å²) in [6, 6.07) is -0.0809. The number of hydrogen-bond donors (Lipinski definition) is 3. The van der Waals surface area contributed by atoms with Gasteiger partial charge in [0.1, 0.15) is 0 Å². The molecule has 18 heavy (non-hydrogen) atoms. The summed E-state index contributed by atoms with van der Waals surface area (Å²) < 4.78 is 0. The van der Waals surface area contributed by atoms with Gasteiger partial charge in [0.2, 0.25) is 5.91 Å². The Morgan fingerprint density at radius 1 is 1.44 bits per heavy atom. The Labute approximate surface area is 111 Å². The van der Waals surface area contributed by atoms with Crippen LogP contribution < -0.4 is 10.6 Å². The molecule has 4 nitrogen and oxygen atoms in total. The minimum absolute atomic E-state index is 0.0338. The van der Waals surface area contributed by atoms with E-state index in [1.165, 1.54) is 0 Å². The molecule has 3 N–H and O–H groups in total. The number of carbonyl (C=O) groups is 1. The number of carbonyl (C=O) groups excluding carboxylic acids is 1. The average Bonchev–Trinajstić information content (AvgIpc) is 2.37. The lowest BCUT2D eigenvalue weighted by Crippen LogP contribution is -2.50. The van der Waals surface area contributed by atoms with Crippen LogP contribution in [-0.4, -0.2) is 36.2 Å². The molecule has 1 heterocycles. The molecular formula is C14H28N2O2. The molecule has 0 bridgehead atoms. The monoisotopic (exact) mass is 256 g/mol. The highest BCUT2D eigenvalue weighted by Gasteiger charge is 2.25. The SMILES string of the molecule is CCC(CC)C(O)CNC(=O)C1CC(C)CCN1. The fourth-order valence-corrected chi connectivity index (χ4v) is 2.64. The van der Waals surface area contributed by atoms with Gasteiger partial charge in [-0.1, -0.05) is 33.6 Å². The van der Waals surface area contributed by atoms with Crippen molar-refractivity contribution in [3.63, 3.8) is 0 Å². The average molecular weight is 256 g/mol. The van der Waals surface area contributed by atoms with Crippen LogP contribution in [0.2, 0.25) is 0 Å². The van der Waals surface area contributed by atoms with Gasteiger partial charge in [0, 0.05) is 6.54 Å². The van der Waals surface area contributed by atoms with Crippen LogP contribution in [0.15, 0.2) is 0 Å². The van der Waals surface area contributed by atoms with Crippen LogP contribution in [0.5, 0.6) is 0 Å². The van der Waals surface area contributed by atoms with E-state index in [1.807, 2.05) is 0 Å². The lowest BCUT2D eigenvalue weighted by molar-refractivity contribution is -0.124. The summed E-state index contributed by atoms with van der Waals surface area (Å²) >= 11 is 0. The van der Waals surface area contributed by atoms with E-state index in [9.17, 15) is 9.90 Å². The molecule has 0 saturated carbocycles. The molecule has 106 valence electrons. The van der Waals surface area contributed by atoms with Crippen molar-refractivity contribution in [1.29, 1.82) is 0 Å². The van der Waals surface area contributed by atoms with Gasteiger partial charge in [0.25, 0.3) is 0 Å². The van der Waals surface area contributed by atoms with Crippen LogP contribution in [0, 0.1) is 11.8 Å². The molecule has 1 fully saturated rings.